The standard InChI is InChI=1S/C16H23N5/c1-3-13-12-9-10-20-14(4-2)17-18-16(20)15(12)21(19-13)11-7-5-6-8-11/h11H,3-10H2,1-2H3. The molecule has 5 heteroatoms. The van der Waals surface area contributed by atoms with Crippen LogP contribution in [0.25, 0.3) is 11.5 Å². The van der Waals surface area contributed by atoms with E-state index >= 15 is 0 Å². The average Bonchev–Trinajstić information content (AvgIpc) is 3.23. The third-order valence-electron chi connectivity index (χ3n) is 5.04. The summed E-state index contributed by atoms with van der Waals surface area (Å²) in [7, 11) is 0. The minimum atomic E-state index is 0.562. The van der Waals surface area contributed by atoms with E-state index < -0.39 is 0 Å². The van der Waals surface area contributed by atoms with Crippen LogP contribution in [0.5, 0.6) is 0 Å². The Morgan fingerprint density at radius 3 is 2.62 bits per heavy atom. The van der Waals surface area contributed by atoms with E-state index in [1.807, 2.05) is 0 Å². The fourth-order valence-corrected chi connectivity index (χ4v) is 3.94. The van der Waals surface area contributed by atoms with Crippen LogP contribution in [0.15, 0.2) is 0 Å². The summed E-state index contributed by atoms with van der Waals surface area (Å²) < 4.78 is 4.59. The molecule has 2 aromatic heterocycles. The number of aromatic nitrogens is 5. The molecule has 3 heterocycles. The van der Waals surface area contributed by atoms with Crippen molar-refractivity contribution in [3.05, 3.63) is 17.1 Å². The zero-order valence-corrected chi connectivity index (χ0v) is 13.0. The van der Waals surface area contributed by atoms with Crippen molar-refractivity contribution in [2.75, 3.05) is 0 Å². The van der Waals surface area contributed by atoms with Crippen molar-refractivity contribution in [3.63, 3.8) is 0 Å². The third kappa shape index (κ3) is 1.86. The molecule has 1 fully saturated rings. The number of nitrogens with zero attached hydrogens (tertiary/aromatic N) is 5. The highest BCUT2D eigenvalue weighted by atomic mass is 15.4. The van der Waals surface area contributed by atoms with Crippen molar-refractivity contribution in [2.45, 2.75) is 71.4 Å². The van der Waals surface area contributed by atoms with Gasteiger partial charge in [-0.2, -0.15) is 5.10 Å². The van der Waals surface area contributed by atoms with Crippen LogP contribution in [-0.4, -0.2) is 24.5 Å². The molecule has 0 saturated heterocycles. The van der Waals surface area contributed by atoms with Gasteiger partial charge in [0.2, 0.25) is 0 Å². The molecule has 0 N–H and O–H groups in total. The number of fused-ring (bicyclic) bond motifs is 3. The Bertz CT molecular complexity index is 661. The van der Waals surface area contributed by atoms with Crippen LogP contribution < -0.4 is 0 Å². The monoisotopic (exact) mass is 285 g/mol. The van der Waals surface area contributed by atoms with Crippen molar-refractivity contribution >= 4 is 0 Å². The summed E-state index contributed by atoms with van der Waals surface area (Å²) >= 11 is 0. The fourth-order valence-electron chi connectivity index (χ4n) is 3.94. The fraction of sp³-hybridized carbons (Fsp3) is 0.688. The molecule has 2 aromatic rings. The summed E-state index contributed by atoms with van der Waals surface area (Å²) in [5, 5.41) is 13.9. The summed E-state index contributed by atoms with van der Waals surface area (Å²) in [5.74, 6) is 2.15. The van der Waals surface area contributed by atoms with Gasteiger partial charge in [0.05, 0.1) is 11.7 Å². The molecule has 0 aromatic carbocycles. The Balaban J connectivity index is 1.89. The number of hydrogen-bond acceptors (Lipinski definition) is 3. The van der Waals surface area contributed by atoms with Gasteiger partial charge in [-0.3, -0.25) is 4.68 Å². The van der Waals surface area contributed by atoms with Crippen molar-refractivity contribution < 1.29 is 0 Å². The number of aryl methyl sites for hydroxylation is 2. The van der Waals surface area contributed by atoms with Crippen LogP contribution in [0.4, 0.5) is 0 Å². The Morgan fingerprint density at radius 1 is 1.10 bits per heavy atom. The van der Waals surface area contributed by atoms with Gasteiger partial charge < -0.3 is 4.57 Å². The molecule has 0 radical (unpaired) electrons. The van der Waals surface area contributed by atoms with Crippen molar-refractivity contribution in [1.29, 1.82) is 0 Å². The second-order valence-corrected chi connectivity index (χ2v) is 6.21. The minimum absolute atomic E-state index is 0.562. The molecule has 21 heavy (non-hydrogen) atoms. The Hall–Kier alpha value is -1.65. The third-order valence-corrected chi connectivity index (χ3v) is 5.04. The molecule has 0 unspecified atom stereocenters. The van der Waals surface area contributed by atoms with Crippen LogP contribution in [0.3, 0.4) is 0 Å². The molecule has 1 aliphatic carbocycles. The largest absolute Gasteiger partial charge is 0.309 e. The maximum atomic E-state index is 4.96. The molecular weight excluding hydrogens is 262 g/mol. The SMILES string of the molecule is CCc1nn(C2CCCC2)c2c1CCn1c(CC)nnc1-2. The molecule has 0 atom stereocenters. The summed E-state index contributed by atoms with van der Waals surface area (Å²) in [6.07, 6.45) is 8.19. The van der Waals surface area contributed by atoms with Gasteiger partial charge in [0, 0.05) is 18.5 Å². The number of rotatable bonds is 3. The highest BCUT2D eigenvalue weighted by molar-refractivity contribution is 5.60. The topological polar surface area (TPSA) is 48.5 Å². The zero-order valence-electron chi connectivity index (χ0n) is 13.0. The lowest BCUT2D eigenvalue weighted by molar-refractivity contribution is 0.464. The molecule has 1 saturated carbocycles. The molecule has 1 aliphatic heterocycles. The summed E-state index contributed by atoms with van der Waals surface area (Å²) in [5.41, 5.74) is 3.95. The molecule has 0 bridgehead atoms. The van der Waals surface area contributed by atoms with Crippen LogP contribution in [0, 0.1) is 0 Å². The molecule has 0 spiro atoms. The Kier molecular flexibility index (Phi) is 3.08. The van der Waals surface area contributed by atoms with Gasteiger partial charge in [-0.05, 0) is 25.7 Å². The highest BCUT2D eigenvalue weighted by Gasteiger charge is 2.31. The van der Waals surface area contributed by atoms with Gasteiger partial charge in [0.15, 0.2) is 5.82 Å². The highest BCUT2D eigenvalue weighted by Crippen LogP contribution is 2.38. The van der Waals surface area contributed by atoms with Gasteiger partial charge in [-0.15, -0.1) is 10.2 Å². The Labute approximate surface area is 125 Å². The predicted molar refractivity (Wildman–Crippen MR) is 81.2 cm³/mol. The van der Waals surface area contributed by atoms with Crippen LogP contribution in [-0.2, 0) is 25.8 Å². The van der Waals surface area contributed by atoms with Gasteiger partial charge in [0.1, 0.15) is 11.5 Å². The first-order chi connectivity index (χ1) is 10.3. The molecule has 4 rings (SSSR count). The summed E-state index contributed by atoms with van der Waals surface area (Å²) in [4.78, 5) is 0. The predicted octanol–water partition coefficient (Wildman–Crippen LogP) is 2.94. The van der Waals surface area contributed by atoms with Crippen molar-refractivity contribution in [3.8, 4) is 11.5 Å². The van der Waals surface area contributed by atoms with E-state index in [1.54, 1.807) is 0 Å². The number of hydrogen-bond donors (Lipinski definition) is 0. The minimum Gasteiger partial charge on any atom is -0.309 e. The van der Waals surface area contributed by atoms with Gasteiger partial charge in [-0.25, -0.2) is 0 Å². The average molecular weight is 285 g/mol. The van der Waals surface area contributed by atoms with Crippen LogP contribution in [0.2, 0.25) is 0 Å². The Morgan fingerprint density at radius 2 is 1.90 bits per heavy atom. The first-order valence-corrected chi connectivity index (χ1v) is 8.36. The van der Waals surface area contributed by atoms with Crippen LogP contribution in [0.1, 0.15) is 62.7 Å². The van der Waals surface area contributed by atoms with Gasteiger partial charge >= 0.3 is 0 Å². The maximum Gasteiger partial charge on any atom is 0.182 e. The molecular formula is C16H23N5. The van der Waals surface area contributed by atoms with E-state index in [4.69, 9.17) is 5.10 Å². The normalized spacial score (nSPS) is 18.0. The smallest absolute Gasteiger partial charge is 0.182 e. The van der Waals surface area contributed by atoms with E-state index in [1.165, 1.54) is 42.6 Å². The quantitative estimate of drug-likeness (QED) is 0.871. The van der Waals surface area contributed by atoms with E-state index in [0.29, 0.717) is 6.04 Å². The lowest BCUT2D eigenvalue weighted by Gasteiger charge is -2.20. The van der Waals surface area contributed by atoms with E-state index in [-0.39, 0.29) is 0 Å². The maximum absolute atomic E-state index is 4.96. The molecule has 0 amide bonds. The zero-order chi connectivity index (χ0) is 14.4. The lowest BCUT2D eigenvalue weighted by Crippen LogP contribution is -2.17. The van der Waals surface area contributed by atoms with Gasteiger partial charge in [-0.1, -0.05) is 26.7 Å². The molecule has 5 nitrogen and oxygen atoms in total. The first-order valence-electron chi connectivity index (χ1n) is 8.36. The van der Waals surface area contributed by atoms with Crippen LogP contribution >= 0.6 is 0 Å². The lowest BCUT2D eigenvalue weighted by atomic mass is 10.0. The van der Waals surface area contributed by atoms with E-state index in [0.717, 1.165) is 37.5 Å². The summed E-state index contributed by atoms with van der Waals surface area (Å²) in [6.45, 7) is 5.36. The van der Waals surface area contributed by atoms with Gasteiger partial charge in [0.25, 0.3) is 0 Å². The molecule has 112 valence electrons. The van der Waals surface area contributed by atoms with E-state index in [2.05, 4.69) is 33.3 Å². The van der Waals surface area contributed by atoms with Crippen molar-refractivity contribution in [2.24, 2.45) is 0 Å². The summed E-state index contributed by atoms with van der Waals surface area (Å²) in [6, 6.07) is 0.562. The molecule has 2 aliphatic rings. The second kappa shape index (κ2) is 4.97. The first kappa shape index (κ1) is 13.0. The van der Waals surface area contributed by atoms with E-state index in [9.17, 15) is 0 Å². The van der Waals surface area contributed by atoms with Crippen molar-refractivity contribution in [1.82, 2.24) is 24.5 Å². The second-order valence-electron chi connectivity index (χ2n) is 6.21.